The number of amides is 3. The summed E-state index contributed by atoms with van der Waals surface area (Å²) < 4.78 is 4.95. The molecule has 0 radical (unpaired) electrons. The Labute approximate surface area is 133 Å². The fourth-order valence-electron chi connectivity index (χ4n) is 2.38. The summed E-state index contributed by atoms with van der Waals surface area (Å²) in [5.74, 6) is -0.527. The van der Waals surface area contributed by atoms with Gasteiger partial charge in [0, 0.05) is 11.4 Å². The Morgan fingerprint density at radius 3 is 2.91 bits per heavy atom. The molecular formula is C15H20N2O4S. The van der Waals surface area contributed by atoms with Crippen molar-refractivity contribution in [2.75, 3.05) is 13.2 Å². The molecule has 2 N–H and O–H groups in total. The van der Waals surface area contributed by atoms with Crippen LogP contribution in [-0.2, 0) is 22.4 Å². The summed E-state index contributed by atoms with van der Waals surface area (Å²) in [5.41, 5.74) is 1.21. The van der Waals surface area contributed by atoms with Gasteiger partial charge in [0.05, 0.1) is 0 Å². The number of ether oxygens (including phenoxy) is 1. The molecule has 0 saturated heterocycles. The molecule has 1 aromatic rings. The topological polar surface area (TPSA) is 84.5 Å². The molecule has 6 nitrogen and oxygen atoms in total. The summed E-state index contributed by atoms with van der Waals surface area (Å²) in [6.45, 7) is 3.89. The number of nitrogens with one attached hydrogen (secondary N) is 2. The van der Waals surface area contributed by atoms with E-state index in [1.807, 2.05) is 6.07 Å². The fourth-order valence-corrected chi connectivity index (χ4v) is 3.48. The van der Waals surface area contributed by atoms with E-state index in [0.717, 1.165) is 19.3 Å². The Morgan fingerprint density at radius 1 is 1.41 bits per heavy atom. The quantitative estimate of drug-likeness (QED) is 0.828. The average molecular weight is 324 g/mol. The molecule has 0 saturated carbocycles. The molecule has 22 heavy (non-hydrogen) atoms. The van der Waals surface area contributed by atoms with Crippen LogP contribution in [0.5, 0.6) is 0 Å². The van der Waals surface area contributed by atoms with E-state index in [9.17, 15) is 14.4 Å². The van der Waals surface area contributed by atoms with Gasteiger partial charge >= 0.3 is 12.0 Å². The van der Waals surface area contributed by atoms with Crippen molar-refractivity contribution in [1.82, 2.24) is 10.6 Å². The van der Waals surface area contributed by atoms with Crippen LogP contribution in [0.15, 0.2) is 6.07 Å². The smallest absolute Gasteiger partial charge is 0.348 e. The summed E-state index contributed by atoms with van der Waals surface area (Å²) in [5, 5.41) is 4.50. The highest BCUT2D eigenvalue weighted by Crippen LogP contribution is 2.32. The van der Waals surface area contributed by atoms with E-state index in [0.29, 0.717) is 17.3 Å². The lowest BCUT2D eigenvalue weighted by atomic mass is 9.90. The number of fused-ring (bicyclic) bond motifs is 1. The molecule has 0 aliphatic heterocycles. The van der Waals surface area contributed by atoms with Crippen LogP contribution in [0.4, 0.5) is 4.79 Å². The SMILES string of the molecule is CCNC(=O)NC(=O)COC(=O)c1cc2c(s1)CCC(C)C2. The number of urea groups is 1. The maximum atomic E-state index is 12.0. The van der Waals surface area contributed by atoms with Crippen LogP contribution in [-0.4, -0.2) is 31.1 Å². The predicted octanol–water partition coefficient (Wildman–Crippen LogP) is 1.88. The van der Waals surface area contributed by atoms with Crippen LogP contribution < -0.4 is 10.6 Å². The van der Waals surface area contributed by atoms with Crippen LogP contribution in [0, 0.1) is 5.92 Å². The largest absolute Gasteiger partial charge is 0.451 e. The first-order valence-electron chi connectivity index (χ1n) is 7.36. The van der Waals surface area contributed by atoms with Gasteiger partial charge in [-0.25, -0.2) is 9.59 Å². The lowest BCUT2D eigenvalue weighted by molar-refractivity contribution is -0.123. The zero-order valence-corrected chi connectivity index (χ0v) is 13.5. The number of hydrogen-bond acceptors (Lipinski definition) is 5. The maximum absolute atomic E-state index is 12.0. The second-order valence-electron chi connectivity index (χ2n) is 5.39. The van der Waals surface area contributed by atoms with Gasteiger partial charge in [-0.2, -0.15) is 0 Å². The number of thiophene rings is 1. The average Bonchev–Trinajstić information content (AvgIpc) is 2.88. The van der Waals surface area contributed by atoms with Gasteiger partial charge in [0.15, 0.2) is 6.61 Å². The van der Waals surface area contributed by atoms with Crippen LogP contribution in [0.2, 0.25) is 0 Å². The lowest BCUT2D eigenvalue weighted by Crippen LogP contribution is -2.41. The van der Waals surface area contributed by atoms with Crippen molar-refractivity contribution in [2.24, 2.45) is 5.92 Å². The van der Waals surface area contributed by atoms with Crippen LogP contribution in [0.3, 0.4) is 0 Å². The van der Waals surface area contributed by atoms with E-state index < -0.39 is 24.5 Å². The van der Waals surface area contributed by atoms with Crippen LogP contribution in [0.25, 0.3) is 0 Å². The van der Waals surface area contributed by atoms with Gasteiger partial charge in [-0.1, -0.05) is 6.92 Å². The van der Waals surface area contributed by atoms with E-state index in [4.69, 9.17) is 4.74 Å². The molecule has 2 rings (SSSR count). The first-order valence-corrected chi connectivity index (χ1v) is 8.17. The van der Waals surface area contributed by atoms with Crippen LogP contribution in [0.1, 0.15) is 40.4 Å². The highest BCUT2D eigenvalue weighted by molar-refractivity contribution is 7.14. The van der Waals surface area contributed by atoms with Gasteiger partial charge in [0.25, 0.3) is 5.91 Å². The van der Waals surface area contributed by atoms with E-state index in [-0.39, 0.29) is 0 Å². The first-order chi connectivity index (χ1) is 10.5. The van der Waals surface area contributed by atoms with Crippen molar-refractivity contribution >= 4 is 29.2 Å². The molecule has 1 aliphatic carbocycles. The zero-order valence-electron chi connectivity index (χ0n) is 12.7. The predicted molar refractivity (Wildman–Crippen MR) is 83.0 cm³/mol. The molecule has 0 fully saturated rings. The Hall–Kier alpha value is -1.89. The van der Waals surface area contributed by atoms with Gasteiger partial charge in [0.2, 0.25) is 0 Å². The standard InChI is InChI=1S/C15H20N2O4S/c1-3-16-15(20)17-13(18)8-21-14(19)12-7-10-6-9(2)4-5-11(10)22-12/h7,9H,3-6,8H2,1-2H3,(H2,16,17,18,20). The normalized spacial score (nSPS) is 16.5. The number of esters is 1. The lowest BCUT2D eigenvalue weighted by Gasteiger charge is -2.16. The minimum Gasteiger partial charge on any atom is -0.451 e. The van der Waals surface area contributed by atoms with Gasteiger partial charge in [-0.15, -0.1) is 11.3 Å². The first kappa shape index (κ1) is 16.5. The summed E-state index contributed by atoms with van der Waals surface area (Å²) in [6, 6.07) is 1.27. The van der Waals surface area contributed by atoms with Crippen molar-refractivity contribution in [2.45, 2.75) is 33.1 Å². The van der Waals surface area contributed by atoms with Crippen molar-refractivity contribution in [3.8, 4) is 0 Å². The van der Waals surface area contributed by atoms with Crippen molar-refractivity contribution < 1.29 is 19.1 Å². The molecule has 0 aromatic carbocycles. The Kier molecular flexibility index (Phi) is 5.54. The monoisotopic (exact) mass is 324 g/mol. The van der Waals surface area contributed by atoms with Gasteiger partial charge in [-0.05, 0) is 43.7 Å². The maximum Gasteiger partial charge on any atom is 0.348 e. The molecule has 1 heterocycles. The van der Waals surface area contributed by atoms with E-state index >= 15 is 0 Å². The molecule has 0 spiro atoms. The second kappa shape index (κ2) is 7.40. The number of imide groups is 1. The zero-order chi connectivity index (χ0) is 16.1. The molecule has 1 atom stereocenters. The van der Waals surface area contributed by atoms with Crippen LogP contribution >= 0.6 is 11.3 Å². The van der Waals surface area contributed by atoms with E-state index in [1.54, 1.807) is 6.92 Å². The third kappa shape index (κ3) is 4.30. The third-order valence-electron chi connectivity index (χ3n) is 3.46. The summed E-state index contributed by atoms with van der Waals surface area (Å²) in [4.78, 5) is 36.3. The Balaban J connectivity index is 1.85. The Morgan fingerprint density at radius 2 is 2.18 bits per heavy atom. The molecular weight excluding hydrogens is 304 g/mol. The minimum atomic E-state index is -0.644. The number of carbonyl (C=O) groups is 3. The van der Waals surface area contributed by atoms with E-state index in [1.165, 1.54) is 21.8 Å². The molecule has 1 unspecified atom stereocenters. The number of carbonyl (C=O) groups excluding carboxylic acids is 3. The van der Waals surface area contributed by atoms with E-state index in [2.05, 4.69) is 17.6 Å². The van der Waals surface area contributed by atoms with Crippen molar-refractivity contribution in [3.63, 3.8) is 0 Å². The molecule has 0 bridgehead atoms. The summed E-state index contributed by atoms with van der Waals surface area (Å²) in [7, 11) is 0. The minimum absolute atomic E-state index is 0.415. The summed E-state index contributed by atoms with van der Waals surface area (Å²) >= 11 is 1.43. The van der Waals surface area contributed by atoms with Crippen molar-refractivity contribution in [3.05, 3.63) is 21.4 Å². The second-order valence-corrected chi connectivity index (χ2v) is 6.53. The number of rotatable bonds is 4. The van der Waals surface area contributed by atoms with Gasteiger partial charge < -0.3 is 10.1 Å². The molecule has 120 valence electrons. The van der Waals surface area contributed by atoms with Gasteiger partial charge in [0.1, 0.15) is 4.88 Å². The highest BCUT2D eigenvalue weighted by atomic mass is 32.1. The fraction of sp³-hybridized carbons (Fsp3) is 0.533. The molecule has 3 amide bonds. The number of hydrogen-bond donors (Lipinski definition) is 2. The molecule has 1 aliphatic rings. The summed E-state index contributed by atoms with van der Waals surface area (Å²) in [6.07, 6.45) is 3.11. The highest BCUT2D eigenvalue weighted by Gasteiger charge is 2.21. The van der Waals surface area contributed by atoms with Crippen molar-refractivity contribution in [1.29, 1.82) is 0 Å². The molecule has 7 heteroatoms. The molecule has 1 aromatic heterocycles. The number of aryl methyl sites for hydroxylation is 1. The van der Waals surface area contributed by atoms with Gasteiger partial charge in [-0.3, -0.25) is 10.1 Å². The Bertz CT molecular complexity index is 582. The third-order valence-corrected chi connectivity index (χ3v) is 4.67.